The highest BCUT2D eigenvalue weighted by Crippen LogP contribution is 2.67. The lowest BCUT2D eigenvalue weighted by Gasteiger charge is -2.58. The van der Waals surface area contributed by atoms with Gasteiger partial charge in [0.15, 0.2) is 5.78 Å². The number of rotatable bonds is 6. The van der Waals surface area contributed by atoms with E-state index in [1.54, 1.807) is 0 Å². The standard InChI is InChI=1S/C29H48O2/c1-7-20(18(2)3)16-27(31)19(4)24-10-11-25-23-9-8-21-17-22(30)12-14-28(21,5)26(23)13-15-29(24,25)6/h17-20,23-27,31H,7-16H2,1-6H3/t19-,20?,23?,24?,25?,26?,27+,28?,29?/m0/s1. The second-order valence-electron chi connectivity index (χ2n) is 12.8. The molecule has 0 aromatic rings. The summed E-state index contributed by atoms with van der Waals surface area (Å²) in [6, 6.07) is 0. The van der Waals surface area contributed by atoms with Gasteiger partial charge in [-0.1, -0.05) is 53.5 Å². The van der Waals surface area contributed by atoms with Crippen molar-refractivity contribution in [2.75, 3.05) is 0 Å². The maximum atomic E-state index is 12.1. The Labute approximate surface area is 191 Å². The largest absolute Gasteiger partial charge is 0.393 e. The molecular weight excluding hydrogens is 380 g/mol. The van der Waals surface area contributed by atoms with Crippen molar-refractivity contribution in [3.8, 4) is 0 Å². The quantitative estimate of drug-likeness (QED) is 0.485. The van der Waals surface area contributed by atoms with Gasteiger partial charge in [-0.3, -0.25) is 4.79 Å². The Kier molecular flexibility index (Phi) is 6.54. The van der Waals surface area contributed by atoms with E-state index in [2.05, 4.69) is 41.5 Å². The summed E-state index contributed by atoms with van der Waals surface area (Å²) < 4.78 is 0. The maximum absolute atomic E-state index is 12.1. The molecule has 7 unspecified atom stereocenters. The lowest BCUT2D eigenvalue weighted by Crippen LogP contribution is -2.51. The fourth-order valence-corrected chi connectivity index (χ4v) is 9.17. The summed E-state index contributed by atoms with van der Waals surface area (Å²) in [5.74, 6) is 5.12. The van der Waals surface area contributed by atoms with Gasteiger partial charge in [0.1, 0.15) is 0 Å². The zero-order valence-electron chi connectivity index (χ0n) is 21.1. The van der Waals surface area contributed by atoms with Crippen molar-refractivity contribution in [3.63, 3.8) is 0 Å². The predicted molar refractivity (Wildman–Crippen MR) is 129 cm³/mol. The molecule has 0 bridgehead atoms. The van der Waals surface area contributed by atoms with Gasteiger partial charge in [-0.25, -0.2) is 0 Å². The van der Waals surface area contributed by atoms with E-state index in [0.29, 0.717) is 34.9 Å². The second kappa shape index (κ2) is 8.62. The Bertz CT molecular complexity index is 708. The van der Waals surface area contributed by atoms with Crippen molar-refractivity contribution in [1.82, 2.24) is 0 Å². The number of fused-ring (bicyclic) bond motifs is 5. The Morgan fingerprint density at radius 1 is 1.03 bits per heavy atom. The van der Waals surface area contributed by atoms with Crippen molar-refractivity contribution >= 4 is 5.78 Å². The third-order valence-corrected chi connectivity index (χ3v) is 11.3. The Morgan fingerprint density at radius 2 is 1.77 bits per heavy atom. The van der Waals surface area contributed by atoms with Gasteiger partial charge in [0, 0.05) is 6.42 Å². The van der Waals surface area contributed by atoms with Gasteiger partial charge in [-0.2, -0.15) is 0 Å². The van der Waals surface area contributed by atoms with Crippen LogP contribution >= 0.6 is 0 Å². The number of ketones is 1. The lowest BCUT2D eigenvalue weighted by molar-refractivity contribution is -0.117. The molecule has 3 fully saturated rings. The number of carbonyl (C=O) groups excluding carboxylic acids is 1. The molecule has 4 rings (SSSR count). The monoisotopic (exact) mass is 428 g/mol. The zero-order valence-corrected chi connectivity index (χ0v) is 21.1. The average molecular weight is 429 g/mol. The van der Waals surface area contributed by atoms with Crippen LogP contribution < -0.4 is 0 Å². The van der Waals surface area contributed by atoms with Crippen LogP contribution in [-0.2, 0) is 4.79 Å². The van der Waals surface area contributed by atoms with E-state index in [1.807, 2.05) is 6.08 Å². The summed E-state index contributed by atoms with van der Waals surface area (Å²) in [6.07, 6.45) is 13.6. The van der Waals surface area contributed by atoms with Crippen LogP contribution in [0.4, 0.5) is 0 Å². The molecule has 4 aliphatic rings. The number of hydrogen-bond acceptors (Lipinski definition) is 2. The highest BCUT2D eigenvalue weighted by Gasteiger charge is 2.59. The van der Waals surface area contributed by atoms with Gasteiger partial charge in [-0.05, 0) is 110 Å². The molecular formula is C29H48O2. The maximum Gasteiger partial charge on any atom is 0.155 e. The number of hydrogen-bond donors (Lipinski definition) is 1. The van der Waals surface area contributed by atoms with Crippen molar-refractivity contribution in [2.45, 2.75) is 112 Å². The van der Waals surface area contributed by atoms with E-state index in [1.165, 1.54) is 44.1 Å². The highest BCUT2D eigenvalue weighted by atomic mass is 16.3. The normalized spacial score (nSPS) is 43.0. The Hall–Kier alpha value is -0.630. The van der Waals surface area contributed by atoms with E-state index in [4.69, 9.17) is 0 Å². The number of aliphatic hydroxyl groups excluding tert-OH is 1. The van der Waals surface area contributed by atoms with Crippen molar-refractivity contribution in [1.29, 1.82) is 0 Å². The van der Waals surface area contributed by atoms with E-state index in [0.717, 1.165) is 43.4 Å². The first kappa shape index (κ1) is 23.5. The summed E-state index contributed by atoms with van der Waals surface area (Å²) in [4.78, 5) is 12.1. The molecule has 3 saturated carbocycles. The van der Waals surface area contributed by atoms with Crippen molar-refractivity contribution in [3.05, 3.63) is 11.6 Å². The molecule has 2 nitrogen and oxygen atoms in total. The van der Waals surface area contributed by atoms with Crippen molar-refractivity contribution in [2.24, 2.45) is 52.3 Å². The van der Waals surface area contributed by atoms with Crippen molar-refractivity contribution < 1.29 is 9.90 Å². The van der Waals surface area contributed by atoms with Crippen LogP contribution in [0, 0.1) is 52.3 Å². The number of aliphatic hydroxyl groups is 1. The Balaban J connectivity index is 1.51. The first-order valence-corrected chi connectivity index (χ1v) is 13.5. The molecule has 2 heteroatoms. The summed E-state index contributed by atoms with van der Waals surface area (Å²) in [5, 5.41) is 11.2. The summed E-state index contributed by atoms with van der Waals surface area (Å²) in [5.41, 5.74) is 2.14. The van der Waals surface area contributed by atoms with Crippen LogP contribution in [-0.4, -0.2) is 17.0 Å². The molecule has 31 heavy (non-hydrogen) atoms. The molecule has 176 valence electrons. The molecule has 1 N–H and O–H groups in total. The predicted octanol–water partition coefficient (Wildman–Crippen LogP) is 7.20. The second-order valence-corrected chi connectivity index (χ2v) is 12.8. The van der Waals surface area contributed by atoms with Crippen LogP contribution in [0.2, 0.25) is 0 Å². The molecule has 0 aliphatic heterocycles. The molecule has 4 aliphatic carbocycles. The molecule has 9 atom stereocenters. The summed E-state index contributed by atoms with van der Waals surface area (Å²) in [7, 11) is 0. The van der Waals surface area contributed by atoms with Gasteiger partial charge in [0.2, 0.25) is 0 Å². The smallest absolute Gasteiger partial charge is 0.155 e. The van der Waals surface area contributed by atoms with Gasteiger partial charge in [0.05, 0.1) is 6.10 Å². The van der Waals surface area contributed by atoms with Gasteiger partial charge in [0.25, 0.3) is 0 Å². The third kappa shape index (κ3) is 3.87. The molecule has 0 radical (unpaired) electrons. The van der Waals surface area contributed by atoms with Crippen LogP contribution in [0.5, 0.6) is 0 Å². The summed E-state index contributed by atoms with van der Waals surface area (Å²) >= 11 is 0. The number of allylic oxidation sites excluding steroid dienone is 1. The summed E-state index contributed by atoms with van der Waals surface area (Å²) in [6.45, 7) is 14.3. The van der Waals surface area contributed by atoms with Gasteiger partial charge < -0.3 is 5.11 Å². The van der Waals surface area contributed by atoms with Gasteiger partial charge in [-0.15, -0.1) is 0 Å². The Morgan fingerprint density at radius 3 is 2.45 bits per heavy atom. The lowest BCUT2D eigenvalue weighted by atomic mass is 9.46. The first-order chi connectivity index (χ1) is 14.6. The minimum Gasteiger partial charge on any atom is -0.393 e. The molecule has 0 spiro atoms. The van der Waals surface area contributed by atoms with E-state index < -0.39 is 0 Å². The van der Waals surface area contributed by atoms with Crippen LogP contribution in [0.1, 0.15) is 106 Å². The van der Waals surface area contributed by atoms with Crippen LogP contribution in [0.25, 0.3) is 0 Å². The minimum absolute atomic E-state index is 0.159. The zero-order chi connectivity index (χ0) is 22.6. The first-order valence-electron chi connectivity index (χ1n) is 13.5. The molecule has 0 heterocycles. The van der Waals surface area contributed by atoms with Crippen LogP contribution in [0.3, 0.4) is 0 Å². The fourth-order valence-electron chi connectivity index (χ4n) is 9.17. The SMILES string of the molecule is CCC(C[C@@H](O)[C@@H](C)C1CCC2C3CCC4=CC(=O)CCC4(C)C3CCC21C)C(C)C. The molecule has 0 aromatic carbocycles. The van der Waals surface area contributed by atoms with E-state index in [-0.39, 0.29) is 11.5 Å². The van der Waals surface area contributed by atoms with E-state index in [9.17, 15) is 9.90 Å². The highest BCUT2D eigenvalue weighted by molar-refractivity contribution is 5.91. The fraction of sp³-hybridized carbons (Fsp3) is 0.897. The molecule has 0 saturated heterocycles. The molecule has 0 aromatic heterocycles. The number of carbonyl (C=O) groups is 1. The minimum atomic E-state index is -0.159. The van der Waals surface area contributed by atoms with Crippen LogP contribution in [0.15, 0.2) is 11.6 Å². The average Bonchev–Trinajstić information content (AvgIpc) is 3.08. The molecule has 0 amide bonds. The third-order valence-electron chi connectivity index (χ3n) is 11.3. The topological polar surface area (TPSA) is 37.3 Å². The van der Waals surface area contributed by atoms with Gasteiger partial charge >= 0.3 is 0 Å². The van der Waals surface area contributed by atoms with E-state index >= 15 is 0 Å².